The highest BCUT2D eigenvalue weighted by molar-refractivity contribution is 6.31. The fourth-order valence-electron chi connectivity index (χ4n) is 1.75. The van der Waals surface area contributed by atoms with E-state index in [4.69, 9.17) is 11.6 Å². The van der Waals surface area contributed by atoms with Crippen molar-refractivity contribution in [2.75, 3.05) is 0 Å². The normalized spacial score (nSPS) is 11.2. The van der Waals surface area contributed by atoms with Gasteiger partial charge >= 0.3 is 0 Å². The Labute approximate surface area is 117 Å². The van der Waals surface area contributed by atoms with Crippen molar-refractivity contribution >= 4 is 11.6 Å². The first-order valence-corrected chi connectivity index (χ1v) is 6.61. The molecule has 0 aliphatic carbocycles. The summed E-state index contributed by atoms with van der Waals surface area (Å²) < 4.78 is 15.4. The third kappa shape index (κ3) is 3.78. The molecule has 1 aromatic heterocycles. The fourth-order valence-corrected chi connectivity index (χ4v) is 1.97. The molecule has 0 aliphatic rings. The van der Waals surface area contributed by atoms with Gasteiger partial charge in [0, 0.05) is 34.9 Å². The molecule has 0 radical (unpaired) electrons. The van der Waals surface area contributed by atoms with E-state index in [1.54, 1.807) is 23.0 Å². The highest BCUT2D eigenvalue weighted by Gasteiger charge is 2.08. The molecule has 1 N–H and O–H groups in total. The summed E-state index contributed by atoms with van der Waals surface area (Å²) in [5.41, 5.74) is 1.54. The van der Waals surface area contributed by atoms with Gasteiger partial charge in [-0.2, -0.15) is 5.10 Å². The van der Waals surface area contributed by atoms with Crippen molar-refractivity contribution < 1.29 is 4.39 Å². The van der Waals surface area contributed by atoms with Gasteiger partial charge in [-0.25, -0.2) is 4.39 Å². The van der Waals surface area contributed by atoms with Gasteiger partial charge in [-0.15, -0.1) is 0 Å². The zero-order valence-electron chi connectivity index (χ0n) is 11.0. The number of halogens is 2. The molecule has 0 unspecified atom stereocenters. The van der Waals surface area contributed by atoms with E-state index in [1.165, 1.54) is 6.07 Å². The Morgan fingerprint density at radius 1 is 1.42 bits per heavy atom. The minimum atomic E-state index is -0.301. The van der Waals surface area contributed by atoms with Gasteiger partial charge in [-0.05, 0) is 12.1 Å². The Hall–Kier alpha value is -1.39. The van der Waals surface area contributed by atoms with Gasteiger partial charge in [0.05, 0.1) is 12.7 Å². The van der Waals surface area contributed by atoms with Gasteiger partial charge in [-0.3, -0.25) is 4.68 Å². The van der Waals surface area contributed by atoms with Crippen LogP contribution < -0.4 is 5.32 Å². The van der Waals surface area contributed by atoms with Crippen molar-refractivity contribution in [3.05, 3.63) is 52.6 Å². The van der Waals surface area contributed by atoms with Crippen molar-refractivity contribution in [1.82, 2.24) is 15.1 Å². The average molecular weight is 282 g/mol. The number of benzene rings is 1. The molecule has 1 heterocycles. The Morgan fingerprint density at radius 2 is 2.21 bits per heavy atom. The number of hydrogen-bond donors (Lipinski definition) is 1. The highest BCUT2D eigenvalue weighted by Crippen LogP contribution is 2.19. The summed E-state index contributed by atoms with van der Waals surface area (Å²) in [7, 11) is 0. The van der Waals surface area contributed by atoms with E-state index in [2.05, 4.69) is 24.3 Å². The van der Waals surface area contributed by atoms with Crippen LogP contribution in [0.15, 0.2) is 30.6 Å². The van der Waals surface area contributed by atoms with Gasteiger partial charge in [0.2, 0.25) is 0 Å². The van der Waals surface area contributed by atoms with Crippen LogP contribution in [0.1, 0.15) is 25.0 Å². The average Bonchev–Trinajstić information content (AvgIpc) is 2.79. The van der Waals surface area contributed by atoms with Gasteiger partial charge in [-0.1, -0.05) is 31.5 Å². The predicted molar refractivity (Wildman–Crippen MR) is 74.7 cm³/mol. The maximum absolute atomic E-state index is 13.7. The fraction of sp³-hybridized carbons (Fsp3) is 0.357. The third-order valence-electron chi connectivity index (χ3n) is 2.78. The highest BCUT2D eigenvalue weighted by atomic mass is 35.5. The number of hydrogen-bond acceptors (Lipinski definition) is 2. The molecule has 0 aliphatic heterocycles. The summed E-state index contributed by atoms with van der Waals surface area (Å²) in [5.74, 6) is -0.301. The van der Waals surface area contributed by atoms with Crippen LogP contribution in [0.25, 0.3) is 0 Å². The van der Waals surface area contributed by atoms with Crippen LogP contribution in [0.5, 0.6) is 0 Å². The Bertz CT molecular complexity index is 531. The lowest BCUT2D eigenvalue weighted by molar-refractivity contribution is 0.581. The van der Waals surface area contributed by atoms with Crippen LogP contribution in [0.3, 0.4) is 0 Å². The SMILES string of the molecule is CC(C)NCc1cnn(Cc2c(F)cccc2Cl)c1. The van der Waals surface area contributed by atoms with E-state index in [0.29, 0.717) is 23.2 Å². The molecule has 3 nitrogen and oxygen atoms in total. The van der Waals surface area contributed by atoms with Crippen LogP contribution in [0, 0.1) is 5.82 Å². The molecular formula is C14H17ClFN3. The predicted octanol–water partition coefficient (Wildman–Crippen LogP) is 3.22. The minimum Gasteiger partial charge on any atom is -0.310 e. The van der Waals surface area contributed by atoms with Crippen LogP contribution in [0.2, 0.25) is 5.02 Å². The van der Waals surface area contributed by atoms with E-state index >= 15 is 0 Å². The molecule has 0 fully saturated rings. The molecule has 0 saturated carbocycles. The zero-order chi connectivity index (χ0) is 13.8. The summed E-state index contributed by atoms with van der Waals surface area (Å²) in [4.78, 5) is 0. The second-order valence-corrected chi connectivity index (χ2v) is 5.19. The van der Waals surface area contributed by atoms with E-state index < -0.39 is 0 Å². The summed E-state index contributed by atoms with van der Waals surface area (Å²) in [6.07, 6.45) is 3.68. The first-order chi connectivity index (χ1) is 9.06. The van der Waals surface area contributed by atoms with Gasteiger partial charge in [0.15, 0.2) is 0 Å². The first-order valence-electron chi connectivity index (χ1n) is 6.24. The molecule has 19 heavy (non-hydrogen) atoms. The Balaban J connectivity index is 2.07. The molecule has 0 saturated heterocycles. The molecule has 2 aromatic rings. The summed E-state index contributed by atoms with van der Waals surface area (Å²) >= 11 is 6.00. The van der Waals surface area contributed by atoms with E-state index in [-0.39, 0.29) is 5.82 Å². The zero-order valence-corrected chi connectivity index (χ0v) is 11.8. The van der Waals surface area contributed by atoms with Crippen molar-refractivity contribution in [2.24, 2.45) is 0 Å². The van der Waals surface area contributed by atoms with Crippen molar-refractivity contribution in [2.45, 2.75) is 33.0 Å². The maximum atomic E-state index is 13.7. The third-order valence-corrected chi connectivity index (χ3v) is 3.14. The molecule has 102 valence electrons. The lowest BCUT2D eigenvalue weighted by Crippen LogP contribution is -2.21. The van der Waals surface area contributed by atoms with Crippen LogP contribution in [-0.2, 0) is 13.1 Å². The number of nitrogens with zero attached hydrogens (tertiary/aromatic N) is 2. The minimum absolute atomic E-state index is 0.301. The molecule has 1 aromatic carbocycles. The van der Waals surface area contributed by atoms with Crippen LogP contribution >= 0.6 is 11.6 Å². The second-order valence-electron chi connectivity index (χ2n) is 4.78. The lowest BCUT2D eigenvalue weighted by atomic mass is 10.2. The first kappa shape index (κ1) is 14.0. The van der Waals surface area contributed by atoms with Crippen molar-refractivity contribution in [1.29, 1.82) is 0 Å². The molecule has 2 rings (SSSR count). The Morgan fingerprint density at radius 3 is 2.89 bits per heavy atom. The van der Waals surface area contributed by atoms with Gasteiger partial charge in [0.25, 0.3) is 0 Å². The van der Waals surface area contributed by atoms with E-state index in [0.717, 1.165) is 12.1 Å². The number of rotatable bonds is 5. The number of nitrogens with one attached hydrogen (secondary N) is 1. The topological polar surface area (TPSA) is 29.9 Å². The monoisotopic (exact) mass is 281 g/mol. The molecule has 0 bridgehead atoms. The quantitative estimate of drug-likeness (QED) is 0.912. The van der Waals surface area contributed by atoms with Gasteiger partial charge < -0.3 is 5.32 Å². The van der Waals surface area contributed by atoms with Crippen LogP contribution in [0.4, 0.5) is 4.39 Å². The summed E-state index contributed by atoms with van der Waals surface area (Å²) in [6.45, 7) is 5.27. The lowest BCUT2D eigenvalue weighted by Gasteiger charge is -2.06. The number of aromatic nitrogens is 2. The van der Waals surface area contributed by atoms with E-state index in [1.807, 2.05) is 6.20 Å². The molecule has 5 heteroatoms. The van der Waals surface area contributed by atoms with Crippen LogP contribution in [-0.4, -0.2) is 15.8 Å². The van der Waals surface area contributed by atoms with Crippen molar-refractivity contribution in [3.8, 4) is 0 Å². The van der Waals surface area contributed by atoms with Gasteiger partial charge in [0.1, 0.15) is 5.82 Å². The Kier molecular flexibility index (Phi) is 4.56. The summed E-state index contributed by atoms with van der Waals surface area (Å²) in [6, 6.07) is 5.11. The molecule has 0 atom stereocenters. The molecular weight excluding hydrogens is 265 g/mol. The smallest absolute Gasteiger partial charge is 0.129 e. The summed E-state index contributed by atoms with van der Waals surface area (Å²) in [5, 5.41) is 7.96. The maximum Gasteiger partial charge on any atom is 0.129 e. The largest absolute Gasteiger partial charge is 0.310 e. The standard InChI is InChI=1S/C14H17ClFN3/c1-10(2)17-6-11-7-18-19(8-11)9-12-13(15)4-3-5-14(12)16/h3-5,7-8,10,17H,6,9H2,1-2H3. The molecule has 0 amide bonds. The second kappa shape index (κ2) is 6.17. The molecule has 0 spiro atoms. The van der Waals surface area contributed by atoms with E-state index in [9.17, 15) is 4.39 Å². The van der Waals surface area contributed by atoms with Crippen molar-refractivity contribution in [3.63, 3.8) is 0 Å².